The van der Waals surface area contributed by atoms with Crippen LogP contribution in [-0.2, 0) is 22.5 Å². The van der Waals surface area contributed by atoms with Crippen molar-refractivity contribution in [2.75, 3.05) is 13.7 Å². The maximum Gasteiger partial charge on any atom is 0.342 e. The van der Waals surface area contributed by atoms with Crippen LogP contribution in [0, 0.1) is 0 Å². The molecule has 1 heterocycles. The minimum atomic E-state index is -0.527. The first-order valence-electron chi connectivity index (χ1n) is 6.81. The number of phenols is 1. The lowest BCUT2D eigenvalue weighted by Crippen LogP contribution is -2.15. The maximum absolute atomic E-state index is 12.1. The second-order valence-electron chi connectivity index (χ2n) is 4.94. The van der Waals surface area contributed by atoms with Gasteiger partial charge in [0.1, 0.15) is 11.3 Å². The summed E-state index contributed by atoms with van der Waals surface area (Å²) < 4.78 is 10.3. The molecule has 2 aromatic rings. The van der Waals surface area contributed by atoms with Crippen molar-refractivity contribution in [2.45, 2.75) is 13.0 Å². The van der Waals surface area contributed by atoms with Crippen molar-refractivity contribution in [1.29, 1.82) is 0 Å². The lowest BCUT2D eigenvalue weighted by molar-refractivity contribution is 0.0597. The molecular weight excluding hydrogens is 268 g/mol. The normalized spacial score (nSPS) is 13.6. The quantitative estimate of drug-likeness (QED) is 0.861. The molecule has 1 N–H and O–H groups in total. The largest absolute Gasteiger partial charge is 0.507 e. The Labute approximate surface area is 122 Å². The van der Waals surface area contributed by atoms with Gasteiger partial charge >= 0.3 is 5.97 Å². The van der Waals surface area contributed by atoms with Crippen molar-refractivity contribution in [2.24, 2.45) is 0 Å². The van der Waals surface area contributed by atoms with E-state index in [9.17, 15) is 9.90 Å². The highest BCUT2D eigenvalue weighted by Crippen LogP contribution is 2.38. The molecule has 0 atom stereocenters. The van der Waals surface area contributed by atoms with Crippen molar-refractivity contribution >= 4 is 5.97 Å². The molecular formula is C17H16O4. The zero-order valence-corrected chi connectivity index (χ0v) is 11.8. The van der Waals surface area contributed by atoms with E-state index in [4.69, 9.17) is 9.47 Å². The molecule has 1 aliphatic rings. The van der Waals surface area contributed by atoms with Crippen molar-refractivity contribution in [3.8, 4) is 16.9 Å². The number of methoxy groups -OCH3 is 1. The Morgan fingerprint density at radius 3 is 2.76 bits per heavy atom. The highest BCUT2D eigenvalue weighted by molar-refractivity contribution is 6.01. The predicted octanol–water partition coefficient (Wildman–Crippen LogP) is 2.92. The van der Waals surface area contributed by atoms with E-state index in [1.165, 1.54) is 7.11 Å². The van der Waals surface area contributed by atoms with Crippen molar-refractivity contribution in [1.82, 2.24) is 0 Å². The highest BCUT2D eigenvalue weighted by atomic mass is 16.5. The smallest absolute Gasteiger partial charge is 0.342 e. The number of fused-ring (bicyclic) bond motifs is 1. The summed E-state index contributed by atoms with van der Waals surface area (Å²) in [5, 5.41) is 10.3. The molecule has 0 amide bonds. The van der Waals surface area contributed by atoms with Crippen LogP contribution in [0.2, 0.25) is 0 Å². The summed E-state index contributed by atoms with van der Waals surface area (Å²) in [6, 6.07) is 11.2. The van der Waals surface area contributed by atoms with E-state index in [0.29, 0.717) is 19.6 Å². The molecule has 0 unspecified atom stereocenters. The molecule has 4 nitrogen and oxygen atoms in total. The molecule has 0 spiro atoms. The standard InChI is InChI=1S/C17H16O4/c1-20-17(19)16-14(18)9-12-10-21-8-7-13(12)15(16)11-5-3-2-4-6-11/h2-6,9,18H,7-8,10H2,1H3. The van der Waals surface area contributed by atoms with Crippen LogP contribution in [0.25, 0.3) is 11.1 Å². The fraction of sp³-hybridized carbons (Fsp3) is 0.235. The molecule has 0 saturated carbocycles. The van der Waals surface area contributed by atoms with Crippen molar-refractivity contribution in [3.05, 3.63) is 53.1 Å². The van der Waals surface area contributed by atoms with Crippen LogP contribution in [0.15, 0.2) is 36.4 Å². The van der Waals surface area contributed by atoms with Crippen LogP contribution >= 0.6 is 0 Å². The van der Waals surface area contributed by atoms with Gasteiger partial charge in [-0.25, -0.2) is 4.79 Å². The third-order valence-electron chi connectivity index (χ3n) is 3.71. The molecule has 0 fully saturated rings. The number of aromatic hydroxyl groups is 1. The molecule has 2 aromatic carbocycles. The molecule has 0 radical (unpaired) electrons. The maximum atomic E-state index is 12.1. The van der Waals surface area contributed by atoms with Gasteiger partial charge < -0.3 is 14.6 Å². The summed E-state index contributed by atoms with van der Waals surface area (Å²) in [6.45, 7) is 1.06. The molecule has 0 aliphatic carbocycles. The van der Waals surface area contributed by atoms with Gasteiger partial charge in [0.25, 0.3) is 0 Å². The average Bonchev–Trinajstić information content (AvgIpc) is 2.53. The monoisotopic (exact) mass is 284 g/mol. The Kier molecular flexibility index (Phi) is 3.62. The molecule has 108 valence electrons. The first-order valence-corrected chi connectivity index (χ1v) is 6.81. The Balaban J connectivity index is 2.32. The molecule has 1 aliphatic heterocycles. The predicted molar refractivity (Wildman–Crippen MR) is 78.2 cm³/mol. The topological polar surface area (TPSA) is 55.8 Å². The number of hydrogen-bond acceptors (Lipinski definition) is 4. The summed E-state index contributed by atoms with van der Waals surface area (Å²) in [7, 11) is 1.32. The van der Waals surface area contributed by atoms with Crippen LogP contribution in [0.4, 0.5) is 0 Å². The van der Waals surface area contributed by atoms with Crippen LogP contribution in [0.3, 0.4) is 0 Å². The zero-order valence-electron chi connectivity index (χ0n) is 11.8. The van der Waals surface area contributed by atoms with Gasteiger partial charge in [-0.1, -0.05) is 30.3 Å². The van der Waals surface area contributed by atoms with Gasteiger partial charge in [-0.05, 0) is 29.2 Å². The van der Waals surface area contributed by atoms with Crippen LogP contribution in [-0.4, -0.2) is 24.8 Å². The van der Waals surface area contributed by atoms with E-state index >= 15 is 0 Å². The number of rotatable bonds is 2. The summed E-state index contributed by atoms with van der Waals surface area (Å²) >= 11 is 0. The SMILES string of the molecule is COC(=O)c1c(O)cc2c(c1-c1ccccc1)CCOC2. The summed E-state index contributed by atoms with van der Waals surface area (Å²) in [5.74, 6) is -0.592. The van der Waals surface area contributed by atoms with Crippen LogP contribution < -0.4 is 0 Å². The summed E-state index contributed by atoms with van der Waals surface area (Å²) in [4.78, 5) is 12.1. The lowest BCUT2D eigenvalue weighted by atomic mass is 9.88. The Hall–Kier alpha value is -2.33. The molecule has 21 heavy (non-hydrogen) atoms. The third kappa shape index (κ3) is 2.38. The number of esters is 1. The van der Waals surface area contributed by atoms with Crippen LogP contribution in [0.1, 0.15) is 21.5 Å². The fourth-order valence-corrected chi connectivity index (χ4v) is 2.77. The second-order valence-corrected chi connectivity index (χ2v) is 4.94. The van der Waals surface area contributed by atoms with E-state index in [0.717, 1.165) is 22.3 Å². The van der Waals surface area contributed by atoms with E-state index in [1.54, 1.807) is 6.07 Å². The Morgan fingerprint density at radius 1 is 1.29 bits per heavy atom. The van der Waals surface area contributed by atoms with E-state index in [-0.39, 0.29) is 11.3 Å². The van der Waals surface area contributed by atoms with E-state index < -0.39 is 5.97 Å². The second kappa shape index (κ2) is 5.58. The zero-order chi connectivity index (χ0) is 14.8. The summed E-state index contributed by atoms with van der Waals surface area (Å²) in [6.07, 6.45) is 0.712. The third-order valence-corrected chi connectivity index (χ3v) is 3.71. The van der Waals surface area contributed by atoms with Gasteiger partial charge in [0.2, 0.25) is 0 Å². The number of carbonyl (C=O) groups excluding carboxylic acids is 1. The van der Waals surface area contributed by atoms with Gasteiger partial charge in [-0.2, -0.15) is 0 Å². The molecule has 0 bridgehead atoms. The van der Waals surface area contributed by atoms with Gasteiger partial charge in [-0.3, -0.25) is 0 Å². The van der Waals surface area contributed by atoms with Gasteiger partial charge in [0.15, 0.2) is 0 Å². The highest BCUT2D eigenvalue weighted by Gasteiger charge is 2.25. The molecule has 3 rings (SSSR count). The van der Waals surface area contributed by atoms with E-state index in [1.807, 2.05) is 30.3 Å². The van der Waals surface area contributed by atoms with Crippen LogP contribution in [0.5, 0.6) is 5.75 Å². The lowest BCUT2D eigenvalue weighted by Gasteiger charge is -2.23. The summed E-state index contributed by atoms with van der Waals surface area (Å²) in [5.41, 5.74) is 3.84. The van der Waals surface area contributed by atoms with Crippen molar-refractivity contribution < 1.29 is 19.4 Å². The fourth-order valence-electron chi connectivity index (χ4n) is 2.77. The number of ether oxygens (including phenoxy) is 2. The van der Waals surface area contributed by atoms with Gasteiger partial charge in [0.05, 0.1) is 20.3 Å². The molecule has 0 aromatic heterocycles. The van der Waals surface area contributed by atoms with E-state index in [2.05, 4.69) is 0 Å². The minimum absolute atomic E-state index is 0.0649. The average molecular weight is 284 g/mol. The number of benzene rings is 2. The number of carbonyl (C=O) groups is 1. The van der Waals surface area contributed by atoms with Gasteiger partial charge in [-0.15, -0.1) is 0 Å². The first-order chi connectivity index (χ1) is 10.2. The molecule has 0 saturated heterocycles. The Bertz CT molecular complexity index is 677. The van der Waals surface area contributed by atoms with Crippen molar-refractivity contribution in [3.63, 3.8) is 0 Å². The number of phenolic OH excluding ortho intramolecular Hbond substituents is 1. The number of hydrogen-bond donors (Lipinski definition) is 1. The first kappa shape index (κ1) is 13.6. The van der Waals surface area contributed by atoms with Gasteiger partial charge in [0, 0.05) is 5.56 Å². The Morgan fingerprint density at radius 2 is 2.05 bits per heavy atom. The molecule has 4 heteroatoms. The minimum Gasteiger partial charge on any atom is -0.507 e.